The van der Waals surface area contributed by atoms with Gasteiger partial charge in [0.05, 0.1) is 14.2 Å². The maximum Gasteiger partial charge on any atom is 0.160 e. The zero-order chi connectivity index (χ0) is 14.7. The van der Waals surface area contributed by atoms with Crippen LogP contribution in [-0.4, -0.2) is 25.1 Å². The smallest absolute Gasteiger partial charge is 0.160 e. The molecule has 0 aliphatic carbocycles. The van der Waals surface area contributed by atoms with Gasteiger partial charge in [-0.1, -0.05) is 0 Å². The lowest BCUT2D eigenvalue weighted by atomic mass is 9.96. The van der Waals surface area contributed by atoms with Gasteiger partial charge in [-0.25, -0.2) is 0 Å². The number of carbonyl (C=O) groups is 1. The normalized spacial score (nSPS) is 10.2. The van der Waals surface area contributed by atoms with Crippen LogP contribution in [0.4, 0.5) is 0 Å². The van der Waals surface area contributed by atoms with Gasteiger partial charge in [0.25, 0.3) is 0 Å². The summed E-state index contributed by atoms with van der Waals surface area (Å²) in [5.74, 6) is 1.14. The zero-order valence-corrected chi connectivity index (χ0v) is 11.6. The highest BCUT2D eigenvalue weighted by molar-refractivity contribution is 6.01. The Labute approximate surface area is 117 Å². The van der Waals surface area contributed by atoms with Crippen molar-refractivity contribution in [3.8, 4) is 28.4 Å². The van der Waals surface area contributed by atoms with Crippen molar-refractivity contribution in [2.24, 2.45) is 0 Å². The van der Waals surface area contributed by atoms with Gasteiger partial charge in [0, 0.05) is 17.2 Å². The van der Waals surface area contributed by atoms with Crippen LogP contribution in [0.5, 0.6) is 17.2 Å². The van der Waals surface area contributed by atoms with E-state index in [4.69, 9.17) is 9.47 Å². The van der Waals surface area contributed by atoms with E-state index in [0.29, 0.717) is 28.2 Å². The lowest BCUT2D eigenvalue weighted by Crippen LogP contribution is -1.98. The number of carbonyl (C=O) groups excluding carboxylic acids is 1. The first-order chi connectivity index (χ1) is 9.56. The Morgan fingerprint density at radius 3 is 2.00 bits per heavy atom. The summed E-state index contributed by atoms with van der Waals surface area (Å²) in [6, 6.07) is 10.2. The minimum atomic E-state index is -0.0888. The number of benzene rings is 2. The number of hydrogen-bond donors (Lipinski definition) is 1. The van der Waals surface area contributed by atoms with Gasteiger partial charge < -0.3 is 14.6 Å². The number of ketones is 1. The Balaban J connectivity index is 2.60. The van der Waals surface area contributed by atoms with Crippen molar-refractivity contribution in [1.29, 1.82) is 0 Å². The molecule has 0 amide bonds. The van der Waals surface area contributed by atoms with Crippen LogP contribution >= 0.6 is 0 Å². The number of aromatic hydroxyl groups is 1. The van der Waals surface area contributed by atoms with Crippen molar-refractivity contribution in [1.82, 2.24) is 0 Å². The number of rotatable bonds is 4. The molecule has 2 aromatic carbocycles. The van der Waals surface area contributed by atoms with E-state index >= 15 is 0 Å². The average molecular weight is 272 g/mol. The molecule has 0 aromatic heterocycles. The summed E-state index contributed by atoms with van der Waals surface area (Å²) in [4.78, 5) is 11.8. The summed E-state index contributed by atoms with van der Waals surface area (Å²) in [6.45, 7) is 1.48. The van der Waals surface area contributed by atoms with Crippen molar-refractivity contribution in [2.45, 2.75) is 6.92 Å². The number of Topliss-reactive ketones (excluding diaryl/α,β-unsaturated/α-hetero) is 1. The van der Waals surface area contributed by atoms with Crippen LogP contribution in [0.2, 0.25) is 0 Å². The summed E-state index contributed by atoms with van der Waals surface area (Å²) >= 11 is 0. The number of hydrogen-bond acceptors (Lipinski definition) is 4. The van der Waals surface area contributed by atoms with Crippen molar-refractivity contribution in [3.63, 3.8) is 0 Å². The van der Waals surface area contributed by atoms with E-state index in [1.54, 1.807) is 37.4 Å². The van der Waals surface area contributed by atoms with E-state index in [1.807, 2.05) is 0 Å². The molecule has 4 heteroatoms. The first-order valence-electron chi connectivity index (χ1n) is 6.13. The predicted octanol–water partition coefficient (Wildman–Crippen LogP) is 3.28. The van der Waals surface area contributed by atoms with Crippen molar-refractivity contribution >= 4 is 5.78 Å². The second-order valence-corrected chi connectivity index (χ2v) is 4.35. The molecule has 0 unspecified atom stereocenters. The zero-order valence-electron chi connectivity index (χ0n) is 11.6. The maximum absolute atomic E-state index is 11.8. The number of ether oxygens (including phenoxy) is 2. The molecule has 104 valence electrons. The van der Waals surface area contributed by atoms with E-state index in [1.165, 1.54) is 20.1 Å². The van der Waals surface area contributed by atoms with Crippen LogP contribution in [-0.2, 0) is 0 Å². The molecular formula is C16H16O4. The van der Waals surface area contributed by atoms with Crippen molar-refractivity contribution < 1.29 is 19.4 Å². The number of methoxy groups -OCH3 is 2. The van der Waals surface area contributed by atoms with Gasteiger partial charge in [0.2, 0.25) is 0 Å². The molecule has 0 radical (unpaired) electrons. The van der Waals surface area contributed by atoms with Gasteiger partial charge in [-0.3, -0.25) is 4.79 Å². The third-order valence-electron chi connectivity index (χ3n) is 3.10. The van der Waals surface area contributed by atoms with Gasteiger partial charge in [-0.15, -0.1) is 0 Å². The molecule has 1 N–H and O–H groups in total. The molecule has 0 spiro atoms. The summed E-state index contributed by atoms with van der Waals surface area (Å²) in [5.41, 5.74) is 1.75. The van der Waals surface area contributed by atoms with E-state index < -0.39 is 0 Å². The van der Waals surface area contributed by atoms with Crippen LogP contribution in [0.3, 0.4) is 0 Å². The number of phenols is 1. The molecule has 0 aliphatic heterocycles. The maximum atomic E-state index is 11.8. The van der Waals surface area contributed by atoms with Crippen molar-refractivity contribution in [2.75, 3.05) is 14.2 Å². The Morgan fingerprint density at radius 1 is 0.950 bits per heavy atom. The lowest BCUT2D eigenvalue weighted by Gasteiger charge is -2.12. The summed E-state index contributed by atoms with van der Waals surface area (Å²) in [6.07, 6.45) is 0. The highest BCUT2D eigenvalue weighted by atomic mass is 16.5. The van der Waals surface area contributed by atoms with E-state index in [2.05, 4.69) is 0 Å². The minimum Gasteiger partial charge on any atom is -0.507 e. The number of phenolic OH excluding ortho intramolecular Hbond substituents is 1. The SMILES string of the molecule is COc1ccc(-c2ccc(OC)cc2C(C)=O)c(O)c1. The topological polar surface area (TPSA) is 55.8 Å². The quantitative estimate of drug-likeness (QED) is 0.868. The second-order valence-electron chi connectivity index (χ2n) is 4.35. The molecule has 0 saturated heterocycles. The Hall–Kier alpha value is -2.49. The monoisotopic (exact) mass is 272 g/mol. The van der Waals surface area contributed by atoms with Gasteiger partial charge >= 0.3 is 0 Å². The molecule has 2 aromatic rings. The van der Waals surface area contributed by atoms with Crippen LogP contribution in [0.15, 0.2) is 36.4 Å². The average Bonchev–Trinajstić information content (AvgIpc) is 2.46. The third-order valence-corrected chi connectivity index (χ3v) is 3.10. The van der Waals surface area contributed by atoms with Gasteiger partial charge in [0.1, 0.15) is 17.2 Å². The Bertz CT molecular complexity index is 647. The molecule has 0 heterocycles. The van der Waals surface area contributed by atoms with Gasteiger partial charge in [-0.2, -0.15) is 0 Å². The fourth-order valence-electron chi connectivity index (χ4n) is 2.04. The molecule has 2 rings (SSSR count). The summed E-state index contributed by atoms with van der Waals surface area (Å²) < 4.78 is 10.2. The predicted molar refractivity (Wildman–Crippen MR) is 76.7 cm³/mol. The fraction of sp³-hybridized carbons (Fsp3) is 0.188. The molecule has 4 nitrogen and oxygen atoms in total. The summed E-state index contributed by atoms with van der Waals surface area (Å²) in [5, 5.41) is 10.1. The first-order valence-corrected chi connectivity index (χ1v) is 6.13. The molecule has 0 atom stereocenters. The van der Waals surface area contributed by atoms with E-state index in [9.17, 15) is 9.90 Å². The van der Waals surface area contributed by atoms with Crippen molar-refractivity contribution in [3.05, 3.63) is 42.0 Å². The molecule has 0 saturated carbocycles. The molecule has 20 heavy (non-hydrogen) atoms. The first kappa shape index (κ1) is 13.9. The highest BCUT2D eigenvalue weighted by Gasteiger charge is 2.14. The standard InChI is InChI=1S/C16H16O4/c1-10(17)15-8-11(19-2)4-6-13(15)14-7-5-12(20-3)9-16(14)18/h4-9,18H,1-3H3. The highest BCUT2D eigenvalue weighted by Crippen LogP contribution is 2.35. The minimum absolute atomic E-state index is 0.0667. The molecular weight excluding hydrogens is 256 g/mol. The van der Waals surface area contributed by atoms with E-state index in [0.717, 1.165) is 0 Å². The molecule has 0 aliphatic rings. The van der Waals surface area contributed by atoms with Crippen LogP contribution in [0.25, 0.3) is 11.1 Å². The fourth-order valence-corrected chi connectivity index (χ4v) is 2.04. The van der Waals surface area contributed by atoms with Gasteiger partial charge in [-0.05, 0) is 42.8 Å². The molecule has 0 bridgehead atoms. The second kappa shape index (κ2) is 5.65. The van der Waals surface area contributed by atoms with E-state index in [-0.39, 0.29) is 11.5 Å². The Kier molecular flexibility index (Phi) is 3.94. The largest absolute Gasteiger partial charge is 0.507 e. The summed E-state index contributed by atoms with van der Waals surface area (Å²) in [7, 11) is 3.08. The molecule has 0 fully saturated rings. The Morgan fingerprint density at radius 2 is 1.50 bits per heavy atom. The van der Waals surface area contributed by atoms with Gasteiger partial charge in [0.15, 0.2) is 5.78 Å². The third kappa shape index (κ3) is 2.59. The van der Waals surface area contributed by atoms with Crippen LogP contribution < -0.4 is 9.47 Å². The van der Waals surface area contributed by atoms with Crippen LogP contribution in [0.1, 0.15) is 17.3 Å². The van der Waals surface area contributed by atoms with Crippen LogP contribution in [0, 0.1) is 0 Å². The lowest BCUT2D eigenvalue weighted by molar-refractivity contribution is 0.101.